The standard InChI is InChI=1S/C17H15Cl3N4O4S2/c18-8-2-1-7(3-9(8)19)30-16-15(27)13(14(26)12(5-25)28-16)24-4-10(22-23-24)11-6-29-17(20)21-11/h1-4,6,12-16,25-27H,5H2/t12?,13-,14-,15?,16+/m0/s1. The predicted octanol–water partition coefficient (Wildman–Crippen LogP) is 3.13. The van der Waals surface area contributed by atoms with E-state index in [1.807, 2.05) is 0 Å². The van der Waals surface area contributed by atoms with E-state index in [2.05, 4.69) is 15.3 Å². The second-order valence-electron chi connectivity index (χ2n) is 6.46. The van der Waals surface area contributed by atoms with Gasteiger partial charge >= 0.3 is 0 Å². The normalized spacial score (nSPS) is 26.8. The van der Waals surface area contributed by atoms with Crippen LogP contribution in [0.1, 0.15) is 6.04 Å². The van der Waals surface area contributed by atoms with Crippen LogP contribution in [-0.4, -0.2) is 65.7 Å². The molecule has 1 fully saturated rings. The van der Waals surface area contributed by atoms with E-state index in [0.717, 1.165) is 0 Å². The Morgan fingerprint density at radius 3 is 2.60 bits per heavy atom. The summed E-state index contributed by atoms with van der Waals surface area (Å²) in [5, 5.41) is 41.9. The van der Waals surface area contributed by atoms with Crippen LogP contribution in [0.4, 0.5) is 0 Å². The van der Waals surface area contributed by atoms with E-state index in [1.54, 1.807) is 29.8 Å². The Labute approximate surface area is 194 Å². The number of aliphatic hydroxyl groups excluding tert-OH is 3. The average Bonchev–Trinajstić information content (AvgIpc) is 3.36. The highest BCUT2D eigenvalue weighted by atomic mass is 35.5. The lowest BCUT2D eigenvalue weighted by molar-refractivity contribution is -0.178. The molecule has 2 unspecified atom stereocenters. The summed E-state index contributed by atoms with van der Waals surface area (Å²) >= 11 is 20.3. The molecule has 4 rings (SSSR count). The van der Waals surface area contributed by atoms with E-state index >= 15 is 0 Å². The molecule has 13 heteroatoms. The number of thioether (sulfide) groups is 1. The van der Waals surface area contributed by atoms with Crippen LogP contribution in [0, 0.1) is 0 Å². The van der Waals surface area contributed by atoms with Gasteiger partial charge in [0.1, 0.15) is 41.2 Å². The highest BCUT2D eigenvalue weighted by Gasteiger charge is 2.46. The third-order valence-corrected chi connectivity index (χ3v) is 7.41. The molecule has 3 heterocycles. The summed E-state index contributed by atoms with van der Waals surface area (Å²) in [6.07, 6.45) is -1.76. The van der Waals surface area contributed by atoms with Crippen molar-refractivity contribution in [1.82, 2.24) is 20.0 Å². The third-order valence-electron chi connectivity index (χ3n) is 4.55. The summed E-state index contributed by atoms with van der Waals surface area (Å²) < 4.78 is 7.45. The fourth-order valence-electron chi connectivity index (χ4n) is 3.07. The zero-order chi connectivity index (χ0) is 21.4. The first-order valence-corrected chi connectivity index (χ1v) is 11.5. The number of aromatic nitrogens is 4. The molecule has 0 bridgehead atoms. The maximum absolute atomic E-state index is 11.0. The molecule has 3 aromatic rings. The van der Waals surface area contributed by atoms with Crippen LogP contribution in [0.15, 0.2) is 34.7 Å². The maximum Gasteiger partial charge on any atom is 0.184 e. The van der Waals surface area contributed by atoms with Crippen molar-refractivity contribution in [2.45, 2.75) is 34.7 Å². The van der Waals surface area contributed by atoms with Crippen molar-refractivity contribution < 1.29 is 20.1 Å². The summed E-state index contributed by atoms with van der Waals surface area (Å²) in [5.74, 6) is 0. The molecule has 0 aliphatic carbocycles. The molecule has 1 aliphatic heterocycles. The van der Waals surface area contributed by atoms with Crippen LogP contribution < -0.4 is 0 Å². The summed E-state index contributed by atoms with van der Waals surface area (Å²) in [7, 11) is 0. The van der Waals surface area contributed by atoms with Crippen molar-refractivity contribution in [1.29, 1.82) is 0 Å². The van der Waals surface area contributed by atoms with E-state index in [0.29, 0.717) is 30.8 Å². The number of aliphatic hydroxyl groups is 3. The van der Waals surface area contributed by atoms with Gasteiger partial charge in [0.15, 0.2) is 4.47 Å². The van der Waals surface area contributed by atoms with Crippen LogP contribution in [0.25, 0.3) is 11.4 Å². The number of halogens is 3. The Morgan fingerprint density at radius 1 is 1.13 bits per heavy atom. The summed E-state index contributed by atoms with van der Waals surface area (Å²) in [6.45, 7) is -0.438. The second kappa shape index (κ2) is 9.27. The van der Waals surface area contributed by atoms with Crippen LogP contribution in [0.5, 0.6) is 0 Å². The van der Waals surface area contributed by atoms with Crippen molar-refractivity contribution in [3.05, 3.63) is 44.3 Å². The number of ether oxygens (including phenoxy) is 1. The Kier molecular flexibility index (Phi) is 6.88. The summed E-state index contributed by atoms with van der Waals surface area (Å²) in [5.41, 5.74) is 0.167. The van der Waals surface area contributed by atoms with Gasteiger partial charge in [0.05, 0.1) is 22.8 Å². The highest BCUT2D eigenvalue weighted by molar-refractivity contribution is 7.99. The lowest BCUT2D eigenvalue weighted by Crippen LogP contribution is -2.55. The number of hydrogen-bond donors (Lipinski definition) is 3. The topological polar surface area (TPSA) is 114 Å². The van der Waals surface area contributed by atoms with Gasteiger partial charge in [0.25, 0.3) is 0 Å². The van der Waals surface area contributed by atoms with Gasteiger partial charge in [-0.25, -0.2) is 9.67 Å². The lowest BCUT2D eigenvalue weighted by Gasteiger charge is -2.41. The van der Waals surface area contributed by atoms with Crippen LogP contribution >= 0.6 is 57.9 Å². The molecule has 0 spiro atoms. The van der Waals surface area contributed by atoms with Crippen LogP contribution in [-0.2, 0) is 4.74 Å². The van der Waals surface area contributed by atoms with E-state index < -0.39 is 36.4 Å². The van der Waals surface area contributed by atoms with E-state index in [-0.39, 0.29) is 0 Å². The Hall–Kier alpha value is -0.950. The fourth-order valence-corrected chi connectivity index (χ4v) is 5.29. The first kappa shape index (κ1) is 22.3. The number of nitrogens with zero attached hydrogens (tertiary/aromatic N) is 4. The molecule has 5 atom stereocenters. The quantitative estimate of drug-likeness (QED) is 0.481. The molecule has 1 saturated heterocycles. The van der Waals surface area contributed by atoms with Gasteiger partial charge < -0.3 is 20.1 Å². The van der Waals surface area contributed by atoms with Crippen molar-refractivity contribution in [3.63, 3.8) is 0 Å². The highest BCUT2D eigenvalue weighted by Crippen LogP contribution is 2.39. The average molecular weight is 510 g/mol. The molecule has 2 aromatic heterocycles. The van der Waals surface area contributed by atoms with Gasteiger partial charge in [-0.1, -0.05) is 51.8 Å². The molecule has 1 aliphatic rings. The minimum absolute atomic E-state index is 0.365. The third kappa shape index (κ3) is 4.47. The van der Waals surface area contributed by atoms with E-state index in [1.165, 1.54) is 27.8 Å². The number of thiazole rings is 1. The zero-order valence-electron chi connectivity index (χ0n) is 15.0. The largest absolute Gasteiger partial charge is 0.394 e. The number of benzene rings is 1. The Morgan fingerprint density at radius 2 is 1.93 bits per heavy atom. The molecule has 1 aromatic carbocycles. The molecule has 0 amide bonds. The molecule has 30 heavy (non-hydrogen) atoms. The van der Waals surface area contributed by atoms with Crippen LogP contribution in [0.3, 0.4) is 0 Å². The first-order valence-electron chi connectivity index (χ1n) is 8.64. The van der Waals surface area contributed by atoms with Crippen molar-refractivity contribution in [2.24, 2.45) is 0 Å². The Bertz CT molecular complexity index is 1040. The minimum Gasteiger partial charge on any atom is -0.394 e. The Balaban J connectivity index is 1.61. The van der Waals surface area contributed by atoms with Gasteiger partial charge in [0, 0.05) is 10.3 Å². The lowest BCUT2D eigenvalue weighted by atomic mass is 9.97. The predicted molar refractivity (Wildman–Crippen MR) is 115 cm³/mol. The molecule has 8 nitrogen and oxygen atoms in total. The minimum atomic E-state index is -1.22. The monoisotopic (exact) mass is 508 g/mol. The first-order chi connectivity index (χ1) is 14.4. The SMILES string of the molecule is OCC1O[C@H](Sc2ccc(Cl)c(Cl)c2)C(O)[C@@H](n2cc(-c3csc(Cl)n3)nn2)[C@H]1O. The molecule has 160 valence electrons. The molecule has 0 saturated carbocycles. The molecule has 0 radical (unpaired) electrons. The second-order valence-corrected chi connectivity index (χ2v) is 9.89. The van der Waals surface area contributed by atoms with E-state index in [9.17, 15) is 15.3 Å². The number of hydrogen-bond acceptors (Lipinski definition) is 9. The number of rotatable bonds is 5. The molecular formula is C17H15Cl3N4O4S2. The van der Waals surface area contributed by atoms with Crippen molar-refractivity contribution in [3.8, 4) is 11.4 Å². The summed E-state index contributed by atoms with van der Waals surface area (Å²) in [6, 6.07) is 4.12. The molecule has 3 N–H and O–H groups in total. The van der Waals surface area contributed by atoms with Gasteiger partial charge in [-0.05, 0) is 18.2 Å². The maximum atomic E-state index is 11.0. The van der Waals surface area contributed by atoms with Crippen molar-refractivity contribution in [2.75, 3.05) is 6.61 Å². The van der Waals surface area contributed by atoms with Crippen molar-refractivity contribution >= 4 is 57.9 Å². The van der Waals surface area contributed by atoms with Crippen LogP contribution in [0.2, 0.25) is 14.5 Å². The summed E-state index contributed by atoms with van der Waals surface area (Å²) in [4.78, 5) is 4.85. The van der Waals surface area contributed by atoms with Gasteiger partial charge in [-0.15, -0.1) is 16.4 Å². The molecular weight excluding hydrogens is 495 g/mol. The van der Waals surface area contributed by atoms with Gasteiger partial charge in [-0.2, -0.15) is 0 Å². The zero-order valence-corrected chi connectivity index (χ0v) is 18.9. The fraction of sp³-hybridized carbons (Fsp3) is 0.353. The van der Waals surface area contributed by atoms with Gasteiger partial charge in [-0.3, -0.25) is 0 Å². The van der Waals surface area contributed by atoms with E-state index in [4.69, 9.17) is 39.5 Å². The smallest absolute Gasteiger partial charge is 0.184 e. The van der Waals surface area contributed by atoms with Gasteiger partial charge in [0.2, 0.25) is 0 Å².